The number of ether oxygens (including phenoxy) is 1. The first-order chi connectivity index (χ1) is 5.60. The van der Waals surface area contributed by atoms with Crippen LogP contribution in [-0.2, 0) is 9.53 Å². The fourth-order valence-electron chi connectivity index (χ4n) is 2.28. The molecule has 3 fully saturated rings. The van der Waals surface area contributed by atoms with Crippen LogP contribution in [0, 0.1) is 0 Å². The van der Waals surface area contributed by atoms with E-state index in [-0.39, 0.29) is 9.93 Å². The van der Waals surface area contributed by atoms with Gasteiger partial charge in [-0.1, -0.05) is 15.9 Å². The van der Waals surface area contributed by atoms with Crippen LogP contribution in [0.15, 0.2) is 0 Å². The number of Topliss-reactive ketones (excluding diaryl/α,β-unsaturated/α-hetero) is 1. The molecule has 0 aromatic rings. The smallest absolute Gasteiger partial charge is 0.152 e. The number of carbonyl (C=O) groups is 1. The molecule has 3 aliphatic carbocycles. The Hall–Kier alpha value is 0.110. The maximum absolute atomic E-state index is 11.6. The fourth-order valence-corrected chi connectivity index (χ4v) is 2.82. The predicted octanol–water partition coefficient (Wildman–Crippen LogP) is 2.05. The lowest BCUT2D eigenvalue weighted by molar-refractivity contribution is -0.142. The summed E-state index contributed by atoms with van der Waals surface area (Å²) in [6.45, 7) is 0. The minimum atomic E-state index is -0.187. The molecule has 0 atom stereocenters. The van der Waals surface area contributed by atoms with E-state index in [1.165, 1.54) is 0 Å². The standard InChI is InChI=1S/C9H13BrO2/c1-12-8-2-4-9(10,5-3-8)7(11)6-8/h2-6H2,1H3. The molecule has 3 aliphatic rings. The number of halogens is 1. The fraction of sp³-hybridized carbons (Fsp3) is 0.889. The molecule has 2 bridgehead atoms. The van der Waals surface area contributed by atoms with Gasteiger partial charge in [-0.3, -0.25) is 4.79 Å². The molecule has 0 heterocycles. The van der Waals surface area contributed by atoms with Crippen LogP contribution < -0.4 is 0 Å². The van der Waals surface area contributed by atoms with Gasteiger partial charge in [0, 0.05) is 13.5 Å². The van der Waals surface area contributed by atoms with Crippen LogP contribution in [0.5, 0.6) is 0 Å². The monoisotopic (exact) mass is 232 g/mol. The number of hydrogen-bond donors (Lipinski definition) is 0. The highest BCUT2D eigenvalue weighted by Crippen LogP contribution is 2.50. The number of fused-ring (bicyclic) bond motifs is 3. The summed E-state index contributed by atoms with van der Waals surface area (Å²) in [6, 6.07) is 0. The normalized spacial score (nSPS) is 46.7. The zero-order chi connectivity index (χ0) is 8.82. The van der Waals surface area contributed by atoms with Crippen molar-refractivity contribution in [2.45, 2.75) is 42.0 Å². The summed E-state index contributed by atoms with van der Waals surface area (Å²) >= 11 is 3.55. The SMILES string of the molecule is COC12CCC(Br)(CC1)C(=O)C2. The maximum atomic E-state index is 11.6. The van der Waals surface area contributed by atoms with Crippen molar-refractivity contribution in [2.24, 2.45) is 0 Å². The molecule has 0 aliphatic heterocycles. The van der Waals surface area contributed by atoms with E-state index >= 15 is 0 Å². The van der Waals surface area contributed by atoms with E-state index in [1.807, 2.05) is 0 Å². The predicted molar refractivity (Wildman–Crippen MR) is 49.5 cm³/mol. The molecule has 0 saturated heterocycles. The molecule has 3 rings (SSSR count). The van der Waals surface area contributed by atoms with Crippen molar-refractivity contribution in [2.75, 3.05) is 7.11 Å². The van der Waals surface area contributed by atoms with Gasteiger partial charge in [0.1, 0.15) is 0 Å². The number of rotatable bonds is 1. The van der Waals surface area contributed by atoms with Gasteiger partial charge in [-0.2, -0.15) is 0 Å². The summed E-state index contributed by atoms with van der Waals surface area (Å²) in [5.74, 6) is 0.335. The van der Waals surface area contributed by atoms with Crippen LogP contribution in [0.1, 0.15) is 32.1 Å². The van der Waals surface area contributed by atoms with Gasteiger partial charge in [-0.15, -0.1) is 0 Å². The molecule has 68 valence electrons. The van der Waals surface area contributed by atoms with Crippen molar-refractivity contribution in [3.8, 4) is 0 Å². The van der Waals surface area contributed by atoms with Crippen LogP contribution in [-0.4, -0.2) is 22.8 Å². The van der Waals surface area contributed by atoms with Crippen LogP contribution >= 0.6 is 15.9 Å². The number of methoxy groups -OCH3 is 1. The van der Waals surface area contributed by atoms with Crippen LogP contribution in [0.4, 0.5) is 0 Å². The zero-order valence-electron chi connectivity index (χ0n) is 7.23. The third-order valence-corrected chi connectivity index (χ3v) is 4.60. The number of ketones is 1. The number of hydrogen-bond acceptors (Lipinski definition) is 2. The minimum absolute atomic E-state index is 0.105. The maximum Gasteiger partial charge on any atom is 0.152 e. The van der Waals surface area contributed by atoms with E-state index in [4.69, 9.17) is 4.74 Å². The molecule has 0 spiro atoms. The summed E-state index contributed by atoms with van der Waals surface area (Å²) in [5, 5.41) is 0. The van der Waals surface area contributed by atoms with Gasteiger partial charge in [-0.25, -0.2) is 0 Å². The van der Waals surface area contributed by atoms with Crippen molar-refractivity contribution < 1.29 is 9.53 Å². The highest BCUT2D eigenvalue weighted by Gasteiger charge is 2.53. The average molecular weight is 233 g/mol. The molecule has 2 nitrogen and oxygen atoms in total. The largest absolute Gasteiger partial charge is 0.378 e. The van der Waals surface area contributed by atoms with E-state index in [0.29, 0.717) is 12.2 Å². The van der Waals surface area contributed by atoms with Crippen LogP contribution in [0.2, 0.25) is 0 Å². The lowest BCUT2D eigenvalue weighted by Crippen LogP contribution is -2.54. The Kier molecular flexibility index (Phi) is 1.85. The van der Waals surface area contributed by atoms with Crippen molar-refractivity contribution in [1.82, 2.24) is 0 Å². The number of alkyl halides is 1. The Morgan fingerprint density at radius 1 is 1.33 bits per heavy atom. The second-order valence-electron chi connectivity index (χ2n) is 3.95. The molecule has 0 amide bonds. The Morgan fingerprint density at radius 3 is 2.33 bits per heavy atom. The molecular weight excluding hydrogens is 220 g/mol. The molecule has 0 aromatic heterocycles. The lowest BCUT2D eigenvalue weighted by atomic mass is 9.67. The first-order valence-corrected chi connectivity index (χ1v) is 5.17. The van der Waals surface area contributed by atoms with E-state index in [0.717, 1.165) is 25.7 Å². The quantitative estimate of drug-likeness (QED) is 0.648. The van der Waals surface area contributed by atoms with Crippen LogP contribution in [0.25, 0.3) is 0 Å². The van der Waals surface area contributed by atoms with E-state index < -0.39 is 0 Å². The van der Waals surface area contributed by atoms with E-state index in [1.54, 1.807) is 7.11 Å². The first kappa shape index (κ1) is 8.70. The third kappa shape index (κ3) is 1.06. The van der Waals surface area contributed by atoms with Gasteiger partial charge in [0.05, 0.1) is 9.93 Å². The topological polar surface area (TPSA) is 26.3 Å². The summed E-state index contributed by atoms with van der Waals surface area (Å²) in [5.41, 5.74) is -0.105. The summed E-state index contributed by atoms with van der Waals surface area (Å²) in [7, 11) is 1.72. The lowest BCUT2D eigenvalue weighted by Gasteiger charge is -2.48. The molecule has 0 N–H and O–H groups in total. The second kappa shape index (κ2) is 2.55. The molecule has 0 aromatic carbocycles. The van der Waals surface area contributed by atoms with E-state index in [9.17, 15) is 4.79 Å². The van der Waals surface area contributed by atoms with E-state index in [2.05, 4.69) is 15.9 Å². The van der Waals surface area contributed by atoms with Crippen LogP contribution in [0.3, 0.4) is 0 Å². The van der Waals surface area contributed by atoms with Gasteiger partial charge >= 0.3 is 0 Å². The summed E-state index contributed by atoms with van der Waals surface area (Å²) in [4.78, 5) is 11.6. The molecular formula is C9H13BrO2. The highest BCUT2D eigenvalue weighted by molar-refractivity contribution is 9.10. The Bertz CT molecular complexity index is 217. The molecule has 0 unspecified atom stereocenters. The Labute approximate surface area is 80.8 Å². The number of carbonyl (C=O) groups excluding carboxylic acids is 1. The van der Waals surface area contributed by atoms with Crippen molar-refractivity contribution in [3.05, 3.63) is 0 Å². The Morgan fingerprint density at radius 2 is 1.92 bits per heavy atom. The van der Waals surface area contributed by atoms with Gasteiger partial charge in [0.15, 0.2) is 5.78 Å². The molecule has 3 saturated carbocycles. The summed E-state index contributed by atoms with van der Waals surface area (Å²) < 4.78 is 5.25. The molecule has 3 heteroatoms. The van der Waals surface area contributed by atoms with Crippen molar-refractivity contribution in [3.63, 3.8) is 0 Å². The van der Waals surface area contributed by atoms with Gasteiger partial charge in [-0.05, 0) is 25.7 Å². The van der Waals surface area contributed by atoms with Gasteiger partial charge in [0.2, 0.25) is 0 Å². The molecule has 0 radical (unpaired) electrons. The highest BCUT2D eigenvalue weighted by atomic mass is 79.9. The van der Waals surface area contributed by atoms with Crippen molar-refractivity contribution in [1.29, 1.82) is 0 Å². The first-order valence-electron chi connectivity index (χ1n) is 4.38. The Balaban J connectivity index is 2.25. The average Bonchev–Trinajstić information content (AvgIpc) is 2.08. The summed E-state index contributed by atoms with van der Waals surface area (Å²) in [6.07, 6.45) is 4.55. The van der Waals surface area contributed by atoms with Gasteiger partial charge in [0.25, 0.3) is 0 Å². The third-order valence-electron chi connectivity index (χ3n) is 3.37. The molecule has 12 heavy (non-hydrogen) atoms. The minimum Gasteiger partial charge on any atom is -0.378 e. The second-order valence-corrected chi connectivity index (χ2v) is 5.47. The van der Waals surface area contributed by atoms with Gasteiger partial charge < -0.3 is 4.74 Å². The zero-order valence-corrected chi connectivity index (χ0v) is 8.82. The van der Waals surface area contributed by atoms with Crippen molar-refractivity contribution >= 4 is 21.7 Å².